The first kappa shape index (κ1) is 12.1. The predicted octanol–water partition coefficient (Wildman–Crippen LogP) is 1.21. The molecule has 0 aromatic heterocycles. The molecule has 5 heteroatoms. The van der Waals surface area contributed by atoms with Crippen LogP contribution in [-0.4, -0.2) is 17.9 Å². The highest BCUT2D eigenvalue weighted by Gasteiger charge is 2.31. The molecule has 1 aromatic carbocycles. The topological polar surface area (TPSA) is 58.2 Å². The summed E-state index contributed by atoms with van der Waals surface area (Å²) in [5, 5.41) is 5.54. The first-order valence-electron chi connectivity index (χ1n) is 6.51. The summed E-state index contributed by atoms with van der Waals surface area (Å²) in [5.74, 6) is -0.542. The number of hydrogen-bond donors (Lipinski definition) is 2. The van der Waals surface area contributed by atoms with Crippen molar-refractivity contribution in [1.29, 1.82) is 0 Å². The molecular weight excluding hydrogens is 247 g/mol. The first-order chi connectivity index (χ1) is 9.13. The van der Waals surface area contributed by atoms with E-state index in [0.29, 0.717) is 12.8 Å². The van der Waals surface area contributed by atoms with Crippen LogP contribution < -0.4 is 10.6 Å². The lowest BCUT2D eigenvalue weighted by atomic mass is 10.1. The summed E-state index contributed by atoms with van der Waals surface area (Å²) in [7, 11) is 0. The van der Waals surface area contributed by atoms with Gasteiger partial charge in [0.15, 0.2) is 0 Å². The lowest BCUT2D eigenvalue weighted by molar-refractivity contribution is -0.126. The van der Waals surface area contributed by atoms with Crippen LogP contribution in [0.1, 0.15) is 36.4 Å². The summed E-state index contributed by atoms with van der Waals surface area (Å²) in [6, 6.07) is 4.12. The molecule has 100 valence electrons. The Labute approximate surface area is 110 Å². The summed E-state index contributed by atoms with van der Waals surface area (Å²) in [6.45, 7) is 0. The molecule has 3 rings (SSSR count). The lowest BCUT2D eigenvalue weighted by Crippen LogP contribution is -2.42. The van der Waals surface area contributed by atoms with Gasteiger partial charge < -0.3 is 10.6 Å². The van der Waals surface area contributed by atoms with Gasteiger partial charge in [-0.1, -0.05) is 6.07 Å². The maximum absolute atomic E-state index is 13.3. The Morgan fingerprint density at radius 3 is 2.89 bits per heavy atom. The Balaban J connectivity index is 1.71. The molecular formula is C14H15FN2O2. The van der Waals surface area contributed by atoms with Crippen LogP contribution in [-0.2, 0) is 16.0 Å². The van der Waals surface area contributed by atoms with Crippen LogP contribution >= 0.6 is 0 Å². The number of amides is 2. The number of halogens is 1. The molecule has 1 aliphatic carbocycles. The van der Waals surface area contributed by atoms with E-state index >= 15 is 0 Å². The zero-order valence-corrected chi connectivity index (χ0v) is 10.4. The summed E-state index contributed by atoms with van der Waals surface area (Å²) in [5.41, 5.74) is 1.94. The van der Waals surface area contributed by atoms with Crippen LogP contribution in [0.5, 0.6) is 0 Å². The first-order valence-corrected chi connectivity index (χ1v) is 6.51. The molecule has 2 amide bonds. The number of benzene rings is 1. The number of fused-ring (bicyclic) bond motifs is 1. The molecule has 4 nitrogen and oxygen atoms in total. The molecule has 1 aromatic rings. The van der Waals surface area contributed by atoms with Gasteiger partial charge in [0.25, 0.3) is 0 Å². The second-order valence-corrected chi connectivity index (χ2v) is 5.10. The Hall–Kier alpha value is -1.91. The monoisotopic (exact) mass is 262 g/mol. The summed E-state index contributed by atoms with van der Waals surface area (Å²) in [4.78, 5) is 23.1. The minimum atomic E-state index is -0.440. The number of nitrogens with one attached hydrogen (secondary N) is 2. The SMILES string of the molecule is O=C1CCC(C(=O)NC2CCc3ccc(F)cc32)N1. The molecule has 0 spiro atoms. The number of hydrogen-bond acceptors (Lipinski definition) is 2. The van der Waals surface area contributed by atoms with Gasteiger partial charge in [-0.25, -0.2) is 4.39 Å². The van der Waals surface area contributed by atoms with Crippen LogP contribution in [0.3, 0.4) is 0 Å². The standard InChI is InChI=1S/C14H15FN2O2/c15-9-3-1-8-2-4-11(10(8)7-9)17-14(19)12-5-6-13(18)16-12/h1,3,7,11-12H,2,4-6H2,(H,16,18)(H,17,19). The molecule has 2 N–H and O–H groups in total. The van der Waals surface area contributed by atoms with Crippen molar-refractivity contribution in [1.82, 2.24) is 10.6 Å². The van der Waals surface area contributed by atoms with E-state index in [1.165, 1.54) is 12.1 Å². The average Bonchev–Trinajstić information content (AvgIpc) is 2.97. The smallest absolute Gasteiger partial charge is 0.243 e. The van der Waals surface area contributed by atoms with E-state index in [0.717, 1.165) is 24.0 Å². The third-order valence-corrected chi connectivity index (χ3v) is 3.81. The quantitative estimate of drug-likeness (QED) is 0.841. The van der Waals surface area contributed by atoms with Crippen molar-refractivity contribution in [2.45, 2.75) is 37.8 Å². The lowest BCUT2D eigenvalue weighted by Gasteiger charge is -2.17. The molecule has 0 saturated carbocycles. The van der Waals surface area contributed by atoms with Crippen LogP contribution in [0.4, 0.5) is 4.39 Å². The molecule has 2 atom stereocenters. The highest BCUT2D eigenvalue weighted by Crippen LogP contribution is 2.31. The summed E-state index contributed by atoms with van der Waals surface area (Å²) >= 11 is 0. The third-order valence-electron chi connectivity index (χ3n) is 3.81. The van der Waals surface area contributed by atoms with Gasteiger partial charge in [0.2, 0.25) is 11.8 Å². The number of carbonyl (C=O) groups is 2. The van der Waals surface area contributed by atoms with Crippen LogP contribution in [0.2, 0.25) is 0 Å². The zero-order chi connectivity index (χ0) is 13.4. The zero-order valence-electron chi connectivity index (χ0n) is 10.4. The number of aryl methyl sites for hydroxylation is 1. The van der Waals surface area contributed by atoms with Crippen LogP contribution in [0.25, 0.3) is 0 Å². The van der Waals surface area contributed by atoms with Crippen molar-refractivity contribution in [2.24, 2.45) is 0 Å². The highest BCUT2D eigenvalue weighted by molar-refractivity contribution is 5.91. The molecule has 1 saturated heterocycles. The van der Waals surface area contributed by atoms with E-state index in [1.807, 2.05) is 0 Å². The van der Waals surface area contributed by atoms with E-state index in [2.05, 4.69) is 10.6 Å². The van der Waals surface area contributed by atoms with Crippen molar-refractivity contribution in [3.8, 4) is 0 Å². The fraction of sp³-hybridized carbons (Fsp3) is 0.429. The van der Waals surface area contributed by atoms with Gasteiger partial charge in [0.05, 0.1) is 6.04 Å². The second-order valence-electron chi connectivity index (χ2n) is 5.10. The van der Waals surface area contributed by atoms with Crippen molar-refractivity contribution in [2.75, 3.05) is 0 Å². The van der Waals surface area contributed by atoms with Crippen LogP contribution in [0.15, 0.2) is 18.2 Å². The normalized spacial score (nSPS) is 25.0. The van der Waals surface area contributed by atoms with E-state index in [4.69, 9.17) is 0 Å². The average molecular weight is 262 g/mol. The Morgan fingerprint density at radius 1 is 1.32 bits per heavy atom. The molecule has 2 unspecified atom stereocenters. The molecule has 1 aliphatic heterocycles. The number of rotatable bonds is 2. The minimum Gasteiger partial charge on any atom is -0.347 e. The van der Waals surface area contributed by atoms with Gasteiger partial charge in [-0.05, 0) is 42.5 Å². The van der Waals surface area contributed by atoms with Crippen molar-refractivity contribution < 1.29 is 14.0 Å². The highest BCUT2D eigenvalue weighted by atomic mass is 19.1. The predicted molar refractivity (Wildman–Crippen MR) is 66.8 cm³/mol. The molecule has 0 radical (unpaired) electrons. The molecule has 2 aliphatic rings. The molecule has 19 heavy (non-hydrogen) atoms. The minimum absolute atomic E-state index is 0.0852. The third kappa shape index (κ3) is 2.32. The summed E-state index contributed by atoms with van der Waals surface area (Å²) in [6.07, 6.45) is 2.56. The molecule has 0 bridgehead atoms. The fourth-order valence-electron chi connectivity index (χ4n) is 2.81. The van der Waals surface area contributed by atoms with E-state index < -0.39 is 6.04 Å². The van der Waals surface area contributed by atoms with Gasteiger partial charge in [0.1, 0.15) is 11.9 Å². The van der Waals surface area contributed by atoms with Gasteiger partial charge in [-0.2, -0.15) is 0 Å². The van der Waals surface area contributed by atoms with E-state index in [1.54, 1.807) is 6.07 Å². The van der Waals surface area contributed by atoms with Crippen LogP contribution in [0, 0.1) is 5.82 Å². The molecule has 1 heterocycles. The fourth-order valence-corrected chi connectivity index (χ4v) is 2.81. The van der Waals surface area contributed by atoms with Gasteiger partial charge in [0, 0.05) is 6.42 Å². The van der Waals surface area contributed by atoms with E-state index in [9.17, 15) is 14.0 Å². The Bertz CT molecular complexity index is 544. The van der Waals surface area contributed by atoms with Crippen molar-refractivity contribution in [3.63, 3.8) is 0 Å². The van der Waals surface area contributed by atoms with Gasteiger partial charge in [-0.15, -0.1) is 0 Å². The van der Waals surface area contributed by atoms with Crippen molar-refractivity contribution >= 4 is 11.8 Å². The van der Waals surface area contributed by atoms with Gasteiger partial charge >= 0.3 is 0 Å². The molecule has 1 fully saturated rings. The largest absolute Gasteiger partial charge is 0.347 e. The maximum Gasteiger partial charge on any atom is 0.243 e. The number of carbonyl (C=O) groups excluding carboxylic acids is 2. The second kappa shape index (κ2) is 4.64. The summed E-state index contributed by atoms with van der Waals surface area (Å²) < 4.78 is 13.3. The van der Waals surface area contributed by atoms with Crippen molar-refractivity contribution in [3.05, 3.63) is 35.1 Å². The van der Waals surface area contributed by atoms with Gasteiger partial charge in [-0.3, -0.25) is 9.59 Å². The maximum atomic E-state index is 13.3. The Kier molecular flexibility index (Phi) is 2.97. The van der Waals surface area contributed by atoms with E-state index in [-0.39, 0.29) is 23.7 Å². The Morgan fingerprint density at radius 2 is 2.16 bits per heavy atom.